The van der Waals surface area contributed by atoms with Crippen molar-refractivity contribution in [3.8, 4) is 17.2 Å². The summed E-state index contributed by atoms with van der Waals surface area (Å²) in [5, 5.41) is 16.7. The second-order valence-corrected chi connectivity index (χ2v) is 9.08. The minimum absolute atomic E-state index is 0. The molecule has 0 aliphatic heterocycles. The normalized spacial score (nSPS) is 10.6. The lowest BCUT2D eigenvalue weighted by Gasteiger charge is -2.15. The van der Waals surface area contributed by atoms with E-state index < -0.39 is 0 Å². The van der Waals surface area contributed by atoms with Crippen LogP contribution in [-0.2, 0) is 13.2 Å². The maximum absolute atomic E-state index is 13.1. The number of benzene rings is 3. The number of tetrazole rings is 1. The number of para-hydroxylation sites is 1. The summed E-state index contributed by atoms with van der Waals surface area (Å²) in [5.74, 6) is 1.61. The molecule has 1 aromatic heterocycles. The lowest BCUT2D eigenvalue weighted by atomic mass is 10.2. The molecular weight excluding hydrogens is 524 g/mol. The molecule has 7 nitrogen and oxygen atoms in total. The van der Waals surface area contributed by atoms with Crippen molar-refractivity contribution in [2.45, 2.75) is 24.7 Å². The van der Waals surface area contributed by atoms with E-state index in [1.807, 2.05) is 42.5 Å². The van der Waals surface area contributed by atoms with Crippen molar-refractivity contribution in [1.29, 1.82) is 0 Å². The first-order chi connectivity index (χ1) is 17.1. The number of thioether (sulfide) groups is 1. The van der Waals surface area contributed by atoms with Crippen LogP contribution in [0, 0.1) is 5.82 Å². The molecule has 3 aromatic carbocycles. The van der Waals surface area contributed by atoms with Gasteiger partial charge in [-0.05, 0) is 70.9 Å². The molecule has 0 aliphatic carbocycles. The Hall–Kier alpha value is -2.85. The molecule has 0 bridgehead atoms. The zero-order chi connectivity index (χ0) is 24.5. The van der Waals surface area contributed by atoms with Crippen molar-refractivity contribution in [3.63, 3.8) is 0 Å². The van der Waals surface area contributed by atoms with Crippen LogP contribution in [0.4, 0.5) is 4.39 Å². The number of aromatic nitrogens is 4. The fourth-order valence-electron chi connectivity index (χ4n) is 3.35. The van der Waals surface area contributed by atoms with E-state index in [1.165, 1.54) is 12.1 Å². The van der Waals surface area contributed by atoms with Crippen LogP contribution in [0.5, 0.6) is 11.5 Å². The maximum Gasteiger partial charge on any atom is 0.214 e. The summed E-state index contributed by atoms with van der Waals surface area (Å²) >= 11 is 8.09. The Kier molecular flexibility index (Phi) is 10.8. The number of rotatable bonds is 12. The Bertz CT molecular complexity index is 1230. The van der Waals surface area contributed by atoms with Gasteiger partial charge in [0.1, 0.15) is 12.4 Å². The minimum atomic E-state index is -0.285. The van der Waals surface area contributed by atoms with Gasteiger partial charge in [0.25, 0.3) is 0 Å². The van der Waals surface area contributed by atoms with Crippen LogP contribution in [0.25, 0.3) is 5.69 Å². The monoisotopic (exact) mass is 549 g/mol. The second kappa shape index (κ2) is 14.0. The highest BCUT2D eigenvalue weighted by atomic mass is 35.5. The first kappa shape index (κ1) is 27.7. The summed E-state index contributed by atoms with van der Waals surface area (Å²) in [7, 11) is 1.58. The molecule has 4 aromatic rings. The highest BCUT2D eigenvalue weighted by molar-refractivity contribution is 7.99. The smallest absolute Gasteiger partial charge is 0.214 e. The highest BCUT2D eigenvalue weighted by Gasteiger charge is 2.13. The molecule has 190 valence electrons. The average Bonchev–Trinajstić information content (AvgIpc) is 3.35. The molecule has 0 radical (unpaired) electrons. The number of ether oxygens (including phenoxy) is 2. The largest absolute Gasteiger partial charge is 0.493 e. The van der Waals surface area contributed by atoms with Crippen molar-refractivity contribution >= 4 is 35.8 Å². The van der Waals surface area contributed by atoms with Gasteiger partial charge < -0.3 is 14.8 Å². The van der Waals surface area contributed by atoms with Crippen LogP contribution in [-0.4, -0.2) is 39.6 Å². The number of halogens is 3. The maximum atomic E-state index is 13.1. The number of nitrogens with zero attached hydrogens (tertiary/aromatic N) is 4. The number of hydrogen-bond acceptors (Lipinski definition) is 7. The van der Waals surface area contributed by atoms with Crippen LogP contribution >= 0.6 is 35.8 Å². The molecule has 0 saturated carbocycles. The van der Waals surface area contributed by atoms with Crippen LogP contribution in [0.1, 0.15) is 17.5 Å². The van der Waals surface area contributed by atoms with Gasteiger partial charge in [-0.25, -0.2) is 4.39 Å². The highest BCUT2D eigenvalue weighted by Crippen LogP contribution is 2.37. The Labute approximate surface area is 224 Å². The standard InChI is InChI=1S/C25H25ClFN5O2S.ClH/c1-33-23-15-19(14-22(26)24(23)34-17-18-8-10-20(27)11-9-18)16-28-12-5-13-35-25-29-30-31-32(25)21-6-3-2-4-7-21;/h2-4,6-11,14-15,28H,5,12-13,16-17H2,1H3;1H. The van der Waals surface area contributed by atoms with Gasteiger partial charge in [-0.2, -0.15) is 4.68 Å². The van der Waals surface area contributed by atoms with Crippen molar-refractivity contribution in [2.75, 3.05) is 19.4 Å². The zero-order valence-corrected chi connectivity index (χ0v) is 22.0. The van der Waals surface area contributed by atoms with Gasteiger partial charge in [0.2, 0.25) is 5.16 Å². The topological polar surface area (TPSA) is 74.1 Å². The molecule has 0 unspecified atom stereocenters. The summed E-state index contributed by atoms with van der Waals surface area (Å²) in [6.07, 6.45) is 0.941. The van der Waals surface area contributed by atoms with E-state index in [-0.39, 0.29) is 24.8 Å². The van der Waals surface area contributed by atoms with E-state index in [0.717, 1.165) is 40.7 Å². The molecule has 4 rings (SSSR count). The van der Waals surface area contributed by atoms with Gasteiger partial charge in [-0.3, -0.25) is 0 Å². The average molecular weight is 550 g/mol. The first-order valence-electron chi connectivity index (χ1n) is 11.0. The Balaban J connectivity index is 0.00000361. The Morgan fingerprint density at radius 2 is 1.83 bits per heavy atom. The summed E-state index contributed by atoms with van der Waals surface area (Å²) in [6.45, 7) is 1.72. The Morgan fingerprint density at radius 3 is 2.58 bits per heavy atom. The van der Waals surface area contributed by atoms with E-state index >= 15 is 0 Å². The number of nitrogens with one attached hydrogen (secondary N) is 1. The fourth-order valence-corrected chi connectivity index (χ4v) is 4.46. The molecular formula is C25H26Cl2FN5O2S. The molecule has 0 atom stereocenters. The van der Waals surface area contributed by atoms with Gasteiger partial charge >= 0.3 is 0 Å². The molecule has 1 N–H and O–H groups in total. The second-order valence-electron chi connectivity index (χ2n) is 7.61. The van der Waals surface area contributed by atoms with E-state index in [1.54, 1.807) is 35.7 Å². The summed E-state index contributed by atoms with van der Waals surface area (Å²) in [6, 6.07) is 19.7. The predicted molar refractivity (Wildman–Crippen MR) is 142 cm³/mol. The van der Waals surface area contributed by atoms with E-state index in [0.29, 0.717) is 23.1 Å². The zero-order valence-electron chi connectivity index (χ0n) is 19.6. The molecule has 1 heterocycles. The van der Waals surface area contributed by atoms with Crippen LogP contribution in [0.15, 0.2) is 71.9 Å². The molecule has 0 aliphatic rings. The lowest BCUT2D eigenvalue weighted by Crippen LogP contribution is -2.15. The number of methoxy groups -OCH3 is 1. The minimum Gasteiger partial charge on any atom is -0.493 e. The predicted octanol–water partition coefficient (Wildman–Crippen LogP) is 5.74. The van der Waals surface area contributed by atoms with Gasteiger partial charge in [0.15, 0.2) is 11.5 Å². The van der Waals surface area contributed by atoms with Crippen LogP contribution in [0.2, 0.25) is 5.02 Å². The third-order valence-electron chi connectivity index (χ3n) is 5.09. The van der Waals surface area contributed by atoms with Crippen LogP contribution in [0.3, 0.4) is 0 Å². The molecule has 0 spiro atoms. The fraction of sp³-hybridized carbons (Fsp3) is 0.240. The van der Waals surface area contributed by atoms with Crippen molar-refractivity contribution in [1.82, 2.24) is 25.5 Å². The third kappa shape index (κ3) is 7.57. The van der Waals surface area contributed by atoms with Crippen LogP contribution < -0.4 is 14.8 Å². The van der Waals surface area contributed by atoms with Gasteiger partial charge in [0.05, 0.1) is 17.8 Å². The van der Waals surface area contributed by atoms with Crippen molar-refractivity contribution in [2.24, 2.45) is 0 Å². The molecule has 0 saturated heterocycles. The van der Waals surface area contributed by atoms with Crippen molar-refractivity contribution < 1.29 is 13.9 Å². The summed E-state index contributed by atoms with van der Waals surface area (Å²) in [5.41, 5.74) is 2.77. The van der Waals surface area contributed by atoms with Gasteiger partial charge in [0, 0.05) is 12.3 Å². The van der Waals surface area contributed by atoms with Gasteiger partial charge in [-0.15, -0.1) is 17.5 Å². The molecule has 36 heavy (non-hydrogen) atoms. The molecule has 11 heteroatoms. The van der Waals surface area contributed by atoms with E-state index in [2.05, 4.69) is 20.8 Å². The van der Waals surface area contributed by atoms with Gasteiger partial charge in [-0.1, -0.05) is 53.7 Å². The summed E-state index contributed by atoms with van der Waals surface area (Å²) in [4.78, 5) is 0. The SMILES string of the molecule is COc1cc(CNCCCSc2nnnn2-c2ccccc2)cc(Cl)c1OCc1ccc(F)cc1.Cl. The van der Waals surface area contributed by atoms with E-state index in [9.17, 15) is 4.39 Å². The third-order valence-corrected chi connectivity index (χ3v) is 6.37. The number of hydrogen-bond donors (Lipinski definition) is 1. The Morgan fingerprint density at radius 1 is 1.06 bits per heavy atom. The molecule has 0 fully saturated rings. The first-order valence-corrected chi connectivity index (χ1v) is 12.4. The quantitative estimate of drug-likeness (QED) is 0.178. The lowest BCUT2D eigenvalue weighted by molar-refractivity contribution is 0.284. The summed E-state index contributed by atoms with van der Waals surface area (Å²) < 4.78 is 26.2. The van der Waals surface area contributed by atoms with Crippen molar-refractivity contribution in [3.05, 3.63) is 88.7 Å². The van der Waals surface area contributed by atoms with E-state index in [4.69, 9.17) is 21.1 Å². The molecule has 0 amide bonds.